The van der Waals surface area contributed by atoms with Crippen LogP contribution in [0.15, 0.2) is 35.2 Å². The molecule has 0 aromatic carbocycles. The topological polar surface area (TPSA) is 91.6 Å². The fraction of sp³-hybridized carbons (Fsp3) is 0.375. The summed E-state index contributed by atoms with van der Waals surface area (Å²) in [4.78, 5) is 36.3. The lowest BCUT2D eigenvalue weighted by molar-refractivity contribution is -0.149. The zero-order valence-electron chi connectivity index (χ0n) is 13.0. The largest absolute Gasteiger partial charge is 0.461 e. The zero-order chi connectivity index (χ0) is 16.5. The Morgan fingerprint density at radius 2 is 2.08 bits per heavy atom. The summed E-state index contributed by atoms with van der Waals surface area (Å²) in [5.74, 6) is 1.09. The molecule has 2 amide bonds. The molecule has 2 saturated heterocycles. The van der Waals surface area contributed by atoms with E-state index in [0.717, 1.165) is 12.1 Å². The summed E-state index contributed by atoms with van der Waals surface area (Å²) in [6.45, 7) is 2.58. The van der Waals surface area contributed by atoms with Crippen LogP contribution in [0.5, 0.6) is 0 Å². The van der Waals surface area contributed by atoms with Gasteiger partial charge >= 0.3 is 0 Å². The molecule has 8 heteroatoms. The third-order valence-electron chi connectivity index (χ3n) is 4.35. The van der Waals surface area contributed by atoms with Gasteiger partial charge in [-0.1, -0.05) is 0 Å². The SMILES string of the molecule is O=C1NCC(=O)N2CCN(Cc3cnc(-c4ccco4)nc3)CC12. The van der Waals surface area contributed by atoms with Gasteiger partial charge in [0.15, 0.2) is 11.6 Å². The van der Waals surface area contributed by atoms with E-state index >= 15 is 0 Å². The minimum Gasteiger partial charge on any atom is -0.461 e. The van der Waals surface area contributed by atoms with E-state index in [1.54, 1.807) is 29.6 Å². The predicted molar refractivity (Wildman–Crippen MR) is 83.5 cm³/mol. The van der Waals surface area contributed by atoms with E-state index in [2.05, 4.69) is 20.2 Å². The molecular weight excluding hydrogens is 310 g/mol. The molecule has 2 aromatic heterocycles. The number of carbonyl (C=O) groups is 2. The summed E-state index contributed by atoms with van der Waals surface area (Å²) in [5, 5.41) is 2.65. The lowest BCUT2D eigenvalue weighted by Crippen LogP contribution is -2.65. The van der Waals surface area contributed by atoms with Crippen LogP contribution in [-0.2, 0) is 16.1 Å². The van der Waals surface area contributed by atoms with Crippen molar-refractivity contribution >= 4 is 11.8 Å². The van der Waals surface area contributed by atoms with Crippen LogP contribution in [0.1, 0.15) is 5.56 Å². The summed E-state index contributed by atoms with van der Waals surface area (Å²) in [7, 11) is 0. The summed E-state index contributed by atoms with van der Waals surface area (Å²) in [6, 6.07) is 3.21. The van der Waals surface area contributed by atoms with Gasteiger partial charge < -0.3 is 14.6 Å². The number of nitrogens with zero attached hydrogens (tertiary/aromatic N) is 4. The van der Waals surface area contributed by atoms with Crippen LogP contribution in [0.4, 0.5) is 0 Å². The third kappa shape index (κ3) is 2.76. The number of furan rings is 1. The van der Waals surface area contributed by atoms with Gasteiger partial charge in [-0.15, -0.1) is 0 Å². The van der Waals surface area contributed by atoms with Crippen LogP contribution in [0.3, 0.4) is 0 Å². The number of amides is 2. The van der Waals surface area contributed by atoms with Gasteiger partial charge in [-0.05, 0) is 12.1 Å². The van der Waals surface area contributed by atoms with Gasteiger partial charge in [-0.25, -0.2) is 9.97 Å². The number of aromatic nitrogens is 2. The Bertz CT molecular complexity index is 744. The first-order chi connectivity index (χ1) is 11.7. The molecule has 2 aliphatic rings. The second-order valence-corrected chi connectivity index (χ2v) is 5.95. The molecule has 4 rings (SSSR count). The molecule has 124 valence electrons. The molecule has 2 aromatic rings. The average molecular weight is 327 g/mol. The van der Waals surface area contributed by atoms with Gasteiger partial charge in [-0.3, -0.25) is 14.5 Å². The van der Waals surface area contributed by atoms with E-state index in [1.807, 2.05) is 6.07 Å². The van der Waals surface area contributed by atoms with Gasteiger partial charge in [0, 0.05) is 44.1 Å². The number of hydrogen-bond donors (Lipinski definition) is 1. The smallest absolute Gasteiger partial charge is 0.244 e. The van der Waals surface area contributed by atoms with Crippen molar-refractivity contribution in [1.29, 1.82) is 0 Å². The Labute approximate surface area is 138 Å². The first-order valence-electron chi connectivity index (χ1n) is 7.85. The van der Waals surface area contributed by atoms with Crippen LogP contribution in [0, 0.1) is 0 Å². The predicted octanol–water partition coefficient (Wildman–Crippen LogP) is -0.121. The maximum Gasteiger partial charge on any atom is 0.244 e. The lowest BCUT2D eigenvalue weighted by atomic mass is 10.1. The summed E-state index contributed by atoms with van der Waals surface area (Å²) >= 11 is 0. The van der Waals surface area contributed by atoms with Gasteiger partial charge in [-0.2, -0.15) is 0 Å². The minimum atomic E-state index is -0.400. The third-order valence-corrected chi connectivity index (χ3v) is 4.35. The summed E-state index contributed by atoms with van der Waals surface area (Å²) in [6.07, 6.45) is 5.12. The molecule has 1 N–H and O–H groups in total. The molecule has 0 spiro atoms. The zero-order valence-corrected chi connectivity index (χ0v) is 13.0. The molecule has 4 heterocycles. The van der Waals surface area contributed by atoms with E-state index in [1.165, 1.54) is 0 Å². The highest BCUT2D eigenvalue weighted by atomic mass is 16.3. The molecule has 0 aliphatic carbocycles. The maximum atomic E-state index is 12.0. The molecule has 2 aliphatic heterocycles. The molecule has 8 nitrogen and oxygen atoms in total. The van der Waals surface area contributed by atoms with Gasteiger partial charge in [0.1, 0.15) is 6.04 Å². The first kappa shape index (κ1) is 14.8. The number of hydrogen-bond acceptors (Lipinski definition) is 6. The van der Waals surface area contributed by atoms with Crippen molar-refractivity contribution in [2.45, 2.75) is 12.6 Å². The highest BCUT2D eigenvalue weighted by Crippen LogP contribution is 2.17. The van der Waals surface area contributed by atoms with Crippen molar-refractivity contribution in [3.05, 3.63) is 36.4 Å². The number of fused-ring (bicyclic) bond motifs is 1. The van der Waals surface area contributed by atoms with Crippen LogP contribution >= 0.6 is 0 Å². The van der Waals surface area contributed by atoms with E-state index in [0.29, 0.717) is 31.2 Å². The fourth-order valence-electron chi connectivity index (χ4n) is 3.12. The van der Waals surface area contributed by atoms with E-state index in [-0.39, 0.29) is 18.4 Å². The molecule has 0 bridgehead atoms. The van der Waals surface area contributed by atoms with Gasteiger partial charge in [0.25, 0.3) is 0 Å². The molecule has 0 radical (unpaired) electrons. The van der Waals surface area contributed by atoms with Crippen LogP contribution in [-0.4, -0.2) is 63.8 Å². The molecule has 0 saturated carbocycles. The van der Waals surface area contributed by atoms with Gasteiger partial charge in [0.05, 0.1) is 12.8 Å². The van der Waals surface area contributed by atoms with Crippen molar-refractivity contribution < 1.29 is 14.0 Å². The van der Waals surface area contributed by atoms with E-state index < -0.39 is 6.04 Å². The Kier molecular flexibility index (Phi) is 3.73. The summed E-state index contributed by atoms with van der Waals surface area (Å²) in [5.41, 5.74) is 0.960. The number of carbonyl (C=O) groups excluding carboxylic acids is 2. The molecule has 1 atom stereocenters. The number of nitrogens with one attached hydrogen (secondary N) is 1. The number of piperazine rings is 2. The second kappa shape index (κ2) is 6.04. The fourth-order valence-corrected chi connectivity index (χ4v) is 3.12. The molecule has 1 unspecified atom stereocenters. The Hall–Kier alpha value is -2.74. The van der Waals surface area contributed by atoms with Crippen molar-refractivity contribution in [3.8, 4) is 11.6 Å². The lowest BCUT2D eigenvalue weighted by Gasteiger charge is -2.42. The Morgan fingerprint density at radius 1 is 1.25 bits per heavy atom. The van der Waals surface area contributed by atoms with E-state index in [4.69, 9.17) is 4.42 Å². The van der Waals surface area contributed by atoms with Crippen molar-refractivity contribution in [1.82, 2.24) is 25.1 Å². The van der Waals surface area contributed by atoms with Crippen LogP contribution in [0.25, 0.3) is 11.6 Å². The second-order valence-electron chi connectivity index (χ2n) is 5.95. The molecule has 2 fully saturated rings. The molecular formula is C16H17N5O3. The van der Waals surface area contributed by atoms with Gasteiger partial charge in [0.2, 0.25) is 11.8 Å². The highest BCUT2D eigenvalue weighted by Gasteiger charge is 2.38. The van der Waals surface area contributed by atoms with Crippen molar-refractivity contribution in [3.63, 3.8) is 0 Å². The van der Waals surface area contributed by atoms with Crippen LogP contribution < -0.4 is 5.32 Å². The first-order valence-corrected chi connectivity index (χ1v) is 7.85. The standard InChI is InChI=1S/C16H17N5O3/c22-14-8-19-16(23)12-10-20(3-4-21(12)14)9-11-6-17-15(18-7-11)13-2-1-5-24-13/h1-2,5-7,12H,3-4,8-10H2,(H,19,23). The van der Waals surface area contributed by atoms with Crippen LogP contribution in [0.2, 0.25) is 0 Å². The molecule has 24 heavy (non-hydrogen) atoms. The normalized spacial score (nSPS) is 21.5. The minimum absolute atomic E-state index is 0.00890. The Balaban J connectivity index is 1.42. The average Bonchev–Trinajstić information content (AvgIpc) is 3.14. The van der Waals surface area contributed by atoms with E-state index in [9.17, 15) is 9.59 Å². The van der Waals surface area contributed by atoms with Crippen molar-refractivity contribution in [2.75, 3.05) is 26.2 Å². The monoisotopic (exact) mass is 327 g/mol. The van der Waals surface area contributed by atoms with Crippen molar-refractivity contribution in [2.24, 2.45) is 0 Å². The maximum absolute atomic E-state index is 12.0. The summed E-state index contributed by atoms with van der Waals surface area (Å²) < 4.78 is 5.27. The highest BCUT2D eigenvalue weighted by molar-refractivity contribution is 5.95. The quantitative estimate of drug-likeness (QED) is 0.845. The Morgan fingerprint density at radius 3 is 2.83 bits per heavy atom. The number of rotatable bonds is 3.